The molecule has 1 saturated heterocycles. The van der Waals surface area contributed by atoms with Crippen LogP contribution in [0.15, 0.2) is 24.0 Å². The van der Waals surface area contributed by atoms with Crippen LogP contribution >= 0.6 is 0 Å². The number of carbonyl (C=O) groups is 2. The number of hydrogen-bond donors (Lipinski definition) is 3. The molecule has 1 spiro atoms. The molecule has 9 heteroatoms. The van der Waals surface area contributed by atoms with E-state index >= 15 is 0 Å². The number of rotatable bonds is 4. The van der Waals surface area contributed by atoms with E-state index in [4.69, 9.17) is 19.9 Å². The van der Waals surface area contributed by atoms with Crippen molar-refractivity contribution >= 4 is 11.9 Å². The number of aromatic hydroxyl groups is 1. The number of phenols is 1. The van der Waals surface area contributed by atoms with Gasteiger partial charge in [0.25, 0.3) is 0 Å². The molecule has 2 heterocycles. The second kappa shape index (κ2) is 7.44. The Labute approximate surface area is 198 Å². The first kappa shape index (κ1) is 23.1. The molecule has 4 N–H and O–H groups in total. The van der Waals surface area contributed by atoms with E-state index in [9.17, 15) is 19.8 Å². The van der Waals surface area contributed by atoms with Crippen LogP contribution in [0, 0.1) is 0 Å². The Kier molecular flexibility index (Phi) is 5.06. The van der Waals surface area contributed by atoms with Crippen molar-refractivity contribution in [2.75, 3.05) is 13.6 Å². The fourth-order valence-corrected chi connectivity index (χ4v) is 6.25. The van der Waals surface area contributed by atoms with Crippen LogP contribution in [0.4, 0.5) is 0 Å². The molecule has 0 aromatic heterocycles. The number of phenolic OH excluding ortho intramolecular Hbond substituents is 1. The minimum atomic E-state index is -1.16. The fourth-order valence-electron chi connectivity index (χ4n) is 6.25. The van der Waals surface area contributed by atoms with Gasteiger partial charge in [-0.2, -0.15) is 0 Å². The average Bonchev–Trinajstić information content (AvgIpc) is 3.09. The van der Waals surface area contributed by atoms with Gasteiger partial charge in [0.05, 0.1) is 17.4 Å². The molecule has 9 nitrogen and oxygen atoms in total. The summed E-state index contributed by atoms with van der Waals surface area (Å²) in [5.41, 5.74) is 5.03. The van der Waals surface area contributed by atoms with Crippen LogP contribution in [0.5, 0.6) is 11.5 Å². The van der Waals surface area contributed by atoms with Gasteiger partial charge in [0.2, 0.25) is 0 Å². The van der Waals surface area contributed by atoms with Gasteiger partial charge in [0.15, 0.2) is 17.6 Å². The monoisotopic (exact) mass is 472 g/mol. The standard InChI is InChI=1S/C25H32N2O7/c1-23(2,3)34-22(30)14(26)12-18(29)32-16-7-8-25(31)17-11-13-5-6-15(28)20-19(13)24(25,21(16)33-20)9-10-27(17)4/h5-7,14,17,21,28,31H,8-12,26H2,1-4H3/t14-,17+,21-,24-,25+/m0/s1. The van der Waals surface area contributed by atoms with Crippen molar-refractivity contribution in [2.24, 2.45) is 5.73 Å². The third-order valence-electron chi connectivity index (χ3n) is 7.68. The SMILES string of the molecule is CN1CC[C@]23c4c5ccc(O)c4O[C@H]2C(OC(=O)C[C@H](N)C(=O)OC(C)(C)C)=CC[C@@]3(O)[C@H]1C5. The van der Waals surface area contributed by atoms with Gasteiger partial charge in [-0.3, -0.25) is 9.59 Å². The van der Waals surface area contributed by atoms with Crippen molar-refractivity contribution in [3.8, 4) is 11.5 Å². The highest BCUT2D eigenvalue weighted by atomic mass is 16.6. The van der Waals surface area contributed by atoms with E-state index in [0.717, 1.165) is 17.7 Å². The third kappa shape index (κ3) is 3.17. The molecule has 1 aromatic rings. The summed E-state index contributed by atoms with van der Waals surface area (Å²) in [6, 6.07) is 2.20. The van der Waals surface area contributed by atoms with Gasteiger partial charge in [0, 0.05) is 18.0 Å². The first-order valence-electron chi connectivity index (χ1n) is 11.7. The largest absolute Gasteiger partial charge is 0.504 e. The van der Waals surface area contributed by atoms with E-state index in [1.807, 2.05) is 13.1 Å². The molecule has 1 fully saturated rings. The van der Waals surface area contributed by atoms with Crippen molar-refractivity contribution in [3.05, 3.63) is 35.1 Å². The number of hydrogen-bond acceptors (Lipinski definition) is 9. The van der Waals surface area contributed by atoms with Crippen molar-refractivity contribution in [2.45, 2.75) is 81.3 Å². The first-order chi connectivity index (χ1) is 15.9. The molecular formula is C25H32N2O7. The van der Waals surface area contributed by atoms with E-state index in [1.54, 1.807) is 32.9 Å². The lowest BCUT2D eigenvalue weighted by molar-refractivity contribution is -0.170. The average molecular weight is 473 g/mol. The second-order valence-electron chi connectivity index (χ2n) is 10.9. The molecular weight excluding hydrogens is 440 g/mol. The summed E-state index contributed by atoms with van der Waals surface area (Å²) >= 11 is 0. The number of ether oxygens (including phenoxy) is 3. The maximum Gasteiger partial charge on any atom is 0.324 e. The molecule has 4 aliphatic rings. The lowest BCUT2D eigenvalue weighted by Gasteiger charge is -2.61. The Morgan fingerprint density at radius 2 is 2.09 bits per heavy atom. The summed E-state index contributed by atoms with van der Waals surface area (Å²) in [6.45, 7) is 5.90. The summed E-state index contributed by atoms with van der Waals surface area (Å²) in [5.74, 6) is -0.744. The number of nitrogens with zero attached hydrogens (tertiary/aromatic N) is 1. The third-order valence-corrected chi connectivity index (χ3v) is 7.68. The summed E-state index contributed by atoms with van der Waals surface area (Å²) in [5, 5.41) is 22.7. The molecule has 5 rings (SSSR count). The molecule has 0 saturated carbocycles. The number of likely N-dealkylation sites (tertiary alicyclic amines) is 1. The molecule has 1 aromatic carbocycles. The normalized spacial score (nSPS) is 32.2. The summed E-state index contributed by atoms with van der Waals surface area (Å²) in [4.78, 5) is 27.1. The molecule has 184 valence electrons. The highest BCUT2D eigenvalue weighted by molar-refractivity contribution is 5.83. The quantitative estimate of drug-likeness (QED) is 0.554. The fraction of sp³-hybridized carbons (Fsp3) is 0.600. The molecule has 5 atom stereocenters. The van der Waals surface area contributed by atoms with Crippen LogP contribution in [-0.4, -0.2) is 70.0 Å². The summed E-state index contributed by atoms with van der Waals surface area (Å²) in [7, 11) is 2.00. The van der Waals surface area contributed by atoms with Crippen LogP contribution < -0.4 is 10.5 Å². The first-order valence-corrected chi connectivity index (χ1v) is 11.7. The minimum absolute atomic E-state index is 0.000113. The van der Waals surface area contributed by atoms with Gasteiger partial charge in [-0.1, -0.05) is 6.07 Å². The highest BCUT2D eigenvalue weighted by Gasteiger charge is 2.72. The van der Waals surface area contributed by atoms with E-state index in [1.165, 1.54) is 0 Å². The van der Waals surface area contributed by atoms with E-state index < -0.39 is 40.7 Å². The number of likely N-dealkylation sites (N-methyl/N-ethyl adjacent to an activating group) is 1. The number of nitrogens with two attached hydrogens (primary N) is 1. The lowest BCUT2D eigenvalue weighted by Crippen LogP contribution is -2.74. The van der Waals surface area contributed by atoms with Gasteiger partial charge < -0.3 is 35.1 Å². The number of carbonyl (C=O) groups excluding carboxylic acids is 2. The van der Waals surface area contributed by atoms with Gasteiger partial charge >= 0.3 is 11.9 Å². The smallest absolute Gasteiger partial charge is 0.324 e. The van der Waals surface area contributed by atoms with Crippen molar-refractivity contribution in [1.82, 2.24) is 4.90 Å². The van der Waals surface area contributed by atoms with Gasteiger partial charge in [-0.25, -0.2) is 0 Å². The predicted molar refractivity (Wildman–Crippen MR) is 121 cm³/mol. The lowest BCUT2D eigenvalue weighted by atomic mass is 9.50. The van der Waals surface area contributed by atoms with Gasteiger partial charge in [0.1, 0.15) is 17.4 Å². The van der Waals surface area contributed by atoms with Crippen LogP contribution in [0.3, 0.4) is 0 Å². The molecule has 0 amide bonds. The van der Waals surface area contributed by atoms with Gasteiger partial charge in [-0.05, 0) is 64.9 Å². The highest BCUT2D eigenvalue weighted by Crippen LogP contribution is 2.65. The summed E-state index contributed by atoms with van der Waals surface area (Å²) in [6.07, 6.45) is 2.06. The van der Waals surface area contributed by atoms with E-state index in [-0.39, 0.29) is 30.4 Å². The van der Waals surface area contributed by atoms with Crippen LogP contribution in [0.25, 0.3) is 0 Å². The number of esters is 2. The number of aliphatic hydroxyl groups is 1. The van der Waals surface area contributed by atoms with Crippen LogP contribution in [0.1, 0.15) is 51.2 Å². The topological polar surface area (TPSA) is 132 Å². The Morgan fingerprint density at radius 1 is 1.35 bits per heavy atom. The Bertz CT molecular complexity index is 1090. The Hall–Kier alpha value is -2.62. The summed E-state index contributed by atoms with van der Waals surface area (Å²) < 4.78 is 17.2. The predicted octanol–water partition coefficient (Wildman–Crippen LogP) is 1.27. The van der Waals surface area contributed by atoms with Crippen LogP contribution in [-0.2, 0) is 30.9 Å². The molecule has 2 aliphatic carbocycles. The zero-order valence-electron chi connectivity index (χ0n) is 20.0. The molecule has 0 radical (unpaired) electrons. The van der Waals surface area contributed by atoms with Crippen LogP contribution in [0.2, 0.25) is 0 Å². The van der Waals surface area contributed by atoms with Crippen molar-refractivity contribution < 1.29 is 34.0 Å². The molecule has 2 bridgehead atoms. The zero-order valence-corrected chi connectivity index (χ0v) is 20.0. The zero-order chi connectivity index (χ0) is 24.6. The molecule has 0 unspecified atom stereocenters. The number of benzene rings is 1. The Balaban J connectivity index is 1.45. The molecule has 2 aliphatic heterocycles. The minimum Gasteiger partial charge on any atom is -0.504 e. The van der Waals surface area contributed by atoms with E-state index in [0.29, 0.717) is 18.6 Å². The maximum absolute atomic E-state index is 12.8. The maximum atomic E-state index is 12.8. The van der Waals surface area contributed by atoms with Gasteiger partial charge in [-0.15, -0.1) is 0 Å². The molecule has 34 heavy (non-hydrogen) atoms. The van der Waals surface area contributed by atoms with Crippen molar-refractivity contribution in [1.29, 1.82) is 0 Å². The van der Waals surface area contributed by atoms with E-state index in [2.05, 4.69) is 4.90 Å². The van der Waals surface area contributed by atoms with Crippen molar-refractivity contribution in [3.63, 3.8) is 0 Å². The number of piperidine rings is 1. The second-order valence-corrected chi connectivity index (χ2v) is 10.9. The Morgan fingerprint density at radius 3 is 2.79 bits per heavy atom.